The Morgan fingerprint density at radius 1 is 1.44 bits per heavy atom. The largest absolute Gasteiger partial charge is 0.397 e. The van der Waals surface area contributed by atoms with Crippen molar-refractivity contribution in [2.24, 2.45) is 0 Å². The van der Waals surface area contributed by atoms with E-state index in [4.69, 9.17) is 5.11 Å². The van der Waals surface area contributed by atoms with Crippen LogP contribution in [-0.2, 0) is 4.79 Å². The van der Waals surface area contributed by atoms with Crippen molar-refractivity contribution >= 4 is 18.2 Å². The topological polar surface area (TPSA) is 37.3 Å². The second kappa shape index (κ2) is 15.7. The Hall–Kier alpha value is -0.0800. The normalized spacial score (nSPS) is 6.22. The van der Waals surface area contributed by atoms with E-state index in [9.17, 15) is 4.79 Å². The van der Waals surface area contributed by atoms with Gasteiger partial charge in [-0.3, -0.25) is 0 Å². The zero-order valence-electron chi connectivity index (χ0n) is 6.18. The average molecular weight is 155 g/mol. The number of hydrogen-bond acceptors (Lipinski definition) is 2. The van der Waals surface area contributed by atoms with E-state index >= 15 is 0 Å². The first-order chi connectivity index (χ1) is 3.68. The van der Waals surface area contributed by atoms with Gasteiger partial charge in [0, 0.05) is 13.0 Å². The van der Waals surface area contributed by atoms with Crippen molar-refractivity contribution in [1.29, 1.82) is 0 Å². The predicted octanol–water partition coefficient (Wildman–Crippen LogP) is 1.41. The molecule has 3 heteroatoms. The lowest BCUT2D eigenvalue weighted by Crippen LogP contribution is -1.80. The molecule has 0 spiro atoms. The fourth-order valence-electron chi connectivity index (χ4n) is 0. The van der Waals surface area contributed by atoms with Gasteiger partial charge in [-0.05, 0) is 13.8 Å². The molecule has 0 aliphatic carbocycles. The Bertz CT molecular complexity index is 55.0. The van der Waals surface area contributed by atoms with Crippen LogP contribution in [0.3, 0.4) is 0 Å². The number of Topliss-reactive ketones (excluding diaryl/α,β-unsaturated/α-hetero) is 1. The summed E-state index contributed by atoms with van der Waals surface area (Å²) in [5.74, 6) is 0.255. The molecule has 0 aromatic heterocycles. The highest BCUT2D eigenvalue weighted by Crippen LogP contribution is 1.71. The molecule has 0 unspecified atom stereocenters. The van der Waals surface area contributed by atoms with Gasteiger partial charge in [0.2, 0.25) is 0 Å². The number of carbonyl (C=O) groups excluding carboxylic acids is 1. The summed E-state index contributed by atoms with van der Waals surface area (Å²) in [7, 11) is 0. The molecule has 0 saturated carbocycles. The number of rotatable bonds is 1. The van der Waals surface area contributed by atoms with Crippen molar-refractivity contribution in [2.75, 3.05) is 6.61 Å². The smallest absolute Gasteiger partial charge is 0.129 e. The van der Waals surface area contributed by atoms with Crippen molar-refractivity contribution in [1.82, 2.24) is 0 Å². The van der Waals surface area contributed by atoms with Crippen molar-refractivity contribution in [3.63, 3.8) is 0 Å². The van der Waals surface area contributed by atoms with Crippen LogP contribution in [0.2, 0.25) is 0 Å². The fraction of sp³-hybridized carbons (Fsp3) is 0.833. The molecule has 0 amide bonds. The minimum Gasteiger partial charge on any atom is -0.397 e. The summed E-state index contributed by atoms with van der Waals surface area (Å²) < 4.78 is 0. The Morgan fingerprint density at radius 2 is 1.56 bits per heavy atom. The van der Waals surface area contributed by atoms with Crippen LogP contribution < -0.4 is 0 Å². The molecule has 0 aliphatic heterocycles. The first-order valence-corrected chi connectivity index (χ1v) is 2.79. The van der Waals surface area contributed by atoms with Gasteiger partial charge in [-0.25, -0.2) is 0 Å². The first kappa shape index (κ1) is 16.0. The standard InChI is InChI=1S/C4H8O.C2H6O.ClH/c1-3-4(2)5;1-2-3;/h3H2,1-2H3;3H,2H2,1H3;1H. The summed E-state index contributed by atoms with van der Waals surface area (Å²) in [5.41, 5.74) is 0. The van der Waals surface area contributed by atoms with Gasteiger partial charge in [0.25, 0.3) is 0 Å². The average Bonchev–Trinajstić information content (AvgIpc) is 1.69. The van der Waals surface area contributed by atoms with Gasteiger partial charge < -0.3 is 9.90 Å². The molecule has 0 fully saturated rings. The Morgan fingerprint density at radius 3 is 1.56 bits per heavy atom. The molecule has 58 valence electrons. The minimum atomic E-state index is 0. The lowest BCUT2D eigenvalue weighted by atomic mass is 10.4. The quantitative estimate of drug-likeness (QED) is 0.620. The van der Waals surface area contributed by atoms with E-state index < -0.39 is 0 Å². The molecule has 0 aromatic carbocycles. The Kier molecular flexibility index (Phi) is 27.8. The van der Waals surface area contributed by atoms with E-state index in [1.165, 1.54) is 0 Å². The number of halogens is 1. The summed E-state index contributed by atoms with van der Waals surface area (Å²) in [6, 6.07) is 0. The molecule has 0 aliphatic rings. The lowest BCUT2D eigenvalue weighted by Gasteiger charge is -1.71. The van der Waals surface area contributed by atoms with Gasteiger partial charge in [-0.2, -0.15) is 0 Å². The maximum Gasteiger partial charge on any atom is 0.129 e. The summed E-state index contributed by atoms with van der Waals surface area (Å²) in [6.45, 7) is 5.36. The van der Waals surface area contributed by atoms with Crippen molar-refractivity contribution < 1.29 is 9.90 Å². The van der Waals surface area contributed by atoms with E-state index in [0.717, 1.165) is 0 Å². The second-order valence-electron chi connectivity index (χ2n) is 1.37. The van der Waals surface area contributed by atoms with E-state index in [-0.39, 0.29) is 24.8 Å². The van der Waals surface area contributed by atoms with Gasteiger partial charge in [0.1, 0.15) is 5.78 Å². The van der Waals surface area contributed by atoms with E-state index in [1.54, 1.807) is 13.8 Å². The van der Waals surface area contributed by atoms with E-state index in [0.29, 0.717) is 6.42 Å². The monoisotopic (exact) mass is 154 g/mol. The molecule has 2 nitrogen and oxygen atoms in total. The highest BCUT2D eigenvalue weighted by molar-refractivity contribution is 5.85. The van der Waals surface area contributed by atoms with Gasteiger partial charge in [0.05, 0.1) is 0 Å². The van der Waals surface area contributed by atoms with Crippen LogP contribution in [0.5, 0.6) is 0 Å². The molecular formula is C6H15ClO2. The molecular weight excluding hydrogens is 140 g/mol. The van der Waals surface area contributed by atoms with Crippen molar-refractivity contribution in [3.05, 3.63) is 0 Å². The van der Waals surface area contributed by atoms with Crippen LogP contribution in [-0.4, -0.2) is 17.5 Å². The molecule has 0 atom stereocenters. The van der Waals surface area contributed by atoms with Gasteiger partial charge in [-0.1, -0.05) is 6.92 Å². The number of aliphatic hydroxyl groups is 1. The summed E-state index contributed by atoms with van der Waals surface area (Å²) >= 11 is 0. The third-order valence-electron chi connectivity index (χ3n) is 0.498. The van der Waals surface area contributed by atoms with Crippen LogP contribution in [0.4, 0.5) is 0 Å². The van der Waals surface area contributed by atoms with Gasteiger partial charge in [0.15, 0.2) is 0 Å². The molecule has 0 radical (unpaired) electrons. The number of aliphatic hydroxyl groups excluding tert-OH is 1. The molecule has 0 rings (SSSR count). The third-order valence-corrected chi connectivity index (χ3v) is 0.498. The number of ketones is 1. The van der Waals surface area contributed by atoms with Crippen molar-refractivity contribution in [3.8, 4) is 0 Å². The Labute approximate surface area is 62.7 Å². The van der Waals surface area contributed by atoms with Crippen LogP contribution in [0.1, 0.15) is 27.2 Å². The highest BCUT2D eigenvalue weighted by Gasteiger charge is 1.76. The molecule has 0 saturated heterocycles. The lowest BCUT2D eigenvalue weighted by molar-refractivity contribution is -0.116. The molecule has 0 aromatic rings. The Balaban J connectivity index is -0.0000000800. The summed E-state index contributed by atoms with van der Waals surface area (Å²) in [5, 5.41) is 7.57. The van der Waals surface area contributed by atoms with E-state index in [2.05, 4.69) is 0 Å². The van der Waals surface area contributed by atoms with Gasteiger partial charge >= 0.3 is 0 Å². The minimum absolute atomic E-state index is 0. The molecule has 0 heterocycles. The maximum atomic E-state index is 9.81. The van der Waals surface area contributed by atoms with Gasteiger partial charge in [-0.15, -0.1) is 12.4 Å². The van der Waals surface area contributed by atoms with Crippen molar-refractivity contribution in [2.45, 2.75) is 27.2 Å². The number of carbonyl (C=O) groups is 1. The van der Waals surface area contributed by atoms with Crippen LogP contribution in [0, 0.1) is 0 Å². The third kappa shape index (κ3) is 75.3. The van der Waals surface area contributed by atoms with E-state index in [1.807, 2.05) is 6.92 Å². The van der Waals surface area contributed by atoms with Crippen LogP contribution in [0.25, 0.3) is 0 Å². The molecule has 0 bridgehead atoms. The SMILES string of the molecule is CCC(C)=O.CCO.Cl. The second-order valence-corrected chi connectivity index (χ2v) is 1.37. The summed E-state index contributed by atoms with van der Waals surface area (Å²) in [4.78, 5) is 9.81. The van der Waals surface area contributed by atoms with Crippen LogP contribution >= 0.6 is 12.4 Å². The predicted molar refractivity (Wildman–Crippen MR) is 41.0 cm³/mol. The summed E-state index contributed by atoms with van der Waals surface area (Å²) in [6.07, 6.45) is 0.667. The van der Waals surface area contributed by atoms with Crippen LogP contribution in [0.15, 0.2) is 0 Å². The highest BCUT2D eigenvalue weighted by atomic mass is 35.5. The number of hydrogen-bond donors (Lipinski definition) is 1. The fourth-order valence-corrected chi connectivity index (χ4v) is 0. The molecule has 9 heavy (non-hydrogen) atoms. The zero-order chi connectivity index (χ0) is 6.99. The maximum absolute atomic E-state index is 9.81. The zero-order valence-corrected chi connectivity index (χ0v) is 6.99. The molecule has 1 N–H and O–H groups in total. The first-order valence-electron chi connectivity index (χ1n) is 2.79.